The van der Waals surface area contributed by atoms with Crippen molar-refractivity contribution in [2.45, 2.75) is 0 Å². The average Bonchev–Trinajstić information content (AvgIpc) is 2.23. The molecule has 0 saturated heterocycles. The Kier molecular flexibility index (Phi) is 5.68. The summed E-state index contributed by atoms with van der Waals surface area (Å²) in [5, 5.41) is 9.02. The summed E-state index contributed by atoms with van der Waals surface area (Å²) in [5.41, 5.74) is 3.07. The standard InChI is InChI=1S/C7H13B4N4/c1-12-9-5-4-8-15-7(11-14-3)6(5)10-13-2/h4,12-14H,1-3H3. The van der Waals surface area contributed by atoms with Crippen LogP contribution < -0.4 is 32.2 Å². The van der Waals surface area contributed by atoms with E-state index >= 15 is 0 Å². The Bertz CT molecular complexity index is 285. The Morgan fingerprint density at radius 3 is 2.33 bits per heavy atom. The van der Waals surface area contributed by atoms with Crippen LogP contribution in [-0.2, 0) is 0 Å². The van der Waals surface area contributed by atoms with E-state index in [-0.39, 0.29) is 0 Å². The van der Waals surface area contributed by atoms with Crippen molar-refractivity contribution < 1.29 is 0 Å². The maximum absolute atomic E-state index is 4.29. The van der Waals surface area contributed by atoms with E-state index in [0.29, 0.717) is 0 Å². The number of nitrogens with zero attached hydrogens (tertiary/aromatic N) is 1. The van der Waals surface area contributed by atoms with E-state index in [9.17, 15) is 0 Å². The van der Waals surface area contributed by atoms with Crippen molar-refractivity contribution in [2.75, 3.05) is 21.1 Å². The van der Waals surface area contributed by atoms with E-state index in [1.807, 2.05) is 49.3 Å². The van der Waals surface area contributed by atoms with E-state index in [2.05, 4.69) is 20.6 Å². The topological polar surface area (TPSA) is 49.0 Å². The van der Waals surface area contributed by atoms with Crippen molar-refractivity contribution in [1.29, 1.82) is 0 Å². The molecule has 1 aromatic rings. The summed E-state index contributed by atoms with van der Waals surface area (Å²) in [6.45, 7) is 0. The average molecular weight is 196 g/mol. The molecular formula is C7H13B4N4. The van der Waals surface area contributed by atoms with Crippen molar-refractivity contribution in [3.8, 4) is 0 Å². The molecule has 1 aromatic heterocycles. The van der Waals surface area contributed by atoms with Gasteiger partial charge in [-0.15, -0.1) is 0 Å². The Morgan fingerprint density at radius 2 is 1.73 bits per heavy atom. The summed E-state index contributed by atoms with van der Waals surface area (Å²) in [4.78, 5) is 4.29. The summed E-state index contributed by atoms with van der Waals surface area (Å²) in [5.74, 6) is 1.96. The van der Waals surface area contributed by atoms with Gasteiger partial charge in [0.2, 0.25) is 0 Å². The quantitative estimate of drug-likeness (QED) is 0.404. The van der Waals surface area contributed by atoms with E-state index in [1.54, 1.807) is 7.05 Å². The van der Waals surface area contributed by atoms with E-state index in [4.69, 9.17) is 0 Å². The van der Waals surface area contributed by atoms with Crippen molar-refractivity contribution >= 4 is 45.8 Å². The molecule has 0 amide bonds. The molecule has 4 nitrogen and oxygen atoms in total. The van der Waals surface area contributed by atoms with Gasteiger partial charge in [0.1, 0.15) is 0 Å². The van der Waals surface area contributed by atoms with Crippen LogP contribution in [0.1, 0.15) is 0 Å². The van der Waals surface area contributed by atoms with Gasteiger partial charge in [-0.25, -0.2) is 0 Å². The molecule has 0 fully saturated rings. The minimum atomic E-state index is 0.913. The van der Waals surface area contributed by atoms with Gasteiger partial charge in [-0.05, 0) is 0 Å². The molecule has 1 rings (SSSR count). The molecule has 0 bridgehead atoms. The van der Waals surface area contributed by atoms with Gasteiger partial charge >= 0.3 is 93.5 Å². The van der Waals surface area contributed by atoms with Crippen LogP contribution >= 0.6 is 0 Å². The van der Waals surface area contributed by atoms with Gasteiger partial charge in [0.25, 0.3) is 0 Å². The van der Waals surface area contributed by atoms with Gasteiger partial charge in [0, 0.05) is 0 Å². The first-order valence-corrected chi connectivity index (χ1v) is 4.84. The van der Waals surface area contributed by atoms with Gasteiger partial charge in [-0.3, -0.25) is 0 Å². The number of hydrogen-bond acceptors (Lipinski definition) is 4. The summed E-state index contributed by atoms with van der Waals surface area (Å²) in [6.07, 6.45) is 0. The van der Waals surface area contributed by atoms with Crippen molar-refractivity contribution in [3.05, 3.63) is 5.96 Å². The molecule has 0 aliphatic carbocycles. The summed E-state index contributed by atoms with van der Waals surface area (Å²) < 4.78 is 0. The molecule has 3 N–H and O–H groups in total. The maximum atomic E-state index is 4.29. The molecule has 0 saturated carbocycles. The second-order valence-electron chi connectivity index (χ2n) is 3.00. The third-order valence-corrected chi connectivity index (χ3v) is 1.92. The SMILES string of the molecule is CN[B]c1cbnc([B]NC)c1[B]NC. The van der Waals surface area contributed by atoms with E-state index in [1.165, 1.54) is 0 Å². The van der Waals surface area contributed by atoms with Gasteiger partial charge in [0.05, 0.1) is 0 Å². The van der Waals surface area contributed by atoms with Gasteiger partial charge in [-0.1, -0.05) is 0 Å². The fraction of sp³-hybridized carbons (Fsp3) is 0.429. The monoisotopic (exact) mass is 197 g/mol. The Balaban J connectivity index is 2.97. The van der Waals surface area contributed by atoms with E-state index < -0.39 is 0 Å². The van der Waals surface area contributed by atoms with Crippen LogP contribution in [0.4, 0.5) is 0 Å². The Labute approximate surface area is 94.0 Å². The van der Waals surface area contributed by atoms with Crippen LogP contribution in [0, 0.1) is 0 Å². The number of rotatable bonds is 6. The molecule has 0 aromatic carbocycles. The fourth-order valence-corrected chi connectivity index (χ4v) is 1.34. The molecular weight excluding hydrogens is 183 g/mol. The van der Waals surface area contributed by atoms with Crippen LogP contribution in [-0.4, -0.2) is 55.3 Å². The molecule has 0 unspecified atom stereocenters. The van der Waals surface area contributed by atoms with Gasteiger partial charge < -0.3 is 0 Å². The summed E-state index contributed by atoms with van der Waals surface area (Å²) in [6, 6.07) is 0. The summed E-state index contributed by atoms with van der Waals surface area (Å²) in [7, 11) is 13.1. The minimum absolute atomic E-state index is 0.913. The normalized spacial score (nSPS) is 9.53. The number of aromatic nitrogens is 1. The van der Waals surface area contributed by atoms with Crippen molar-refractivity contribution in [1.82, 2.24) is 20.6 Å². The third kappa shape index (κ3) is 3.48. The molecule has 0 atom stereocenters. The third-order valence-electron chi connectivity index (χ3n) is 1.92. The van der Waals surface area contributed by atoms with Crippen LogP contribution in [0.5, 0.6) is 0 Å². The van der Waals surface area contributed by atoms with Crippen LogP contribution in [0.3, 0.4) is 0 Å². The summed E-state index contributed by atoms with van der Waals surface area (Å²) >= 11 is 0. The zero-order chi connectivity index (χ0) is 11.1. The Morgan fingerprint density at radius 1 is 1.07 bits per heavy atom. The van der Waals surface area contributed by atoms with E-state index in [0.717, 1.165) is 16.5 Å². The molecule has 3 radical (unpaired) electrons. The number of nitrogens with one attached hydrogen (secondary N) is 3. The first-order valence-electron chi connectivity index (χ1n) is 4.84. The molecule has 0 spiro atoms. The first-order chi connectivity index (χ1) is 7.33. The molecule has 0 aliphatic rings. The van der Waals surface area contributed by atoms with Gasteiger partial charge in [-0.2, -0.15) is 0 Å². The van der Waals surface area contributed by atoms with Crippen LogP contribution in [0.25, 0.3) is 0 Å². The fourth-order valence-electron chi connectivity index (χ4n) is 1.34. The molecule has 0 aliphatic heterocycles. The molecule has 73 valence electrons. The van der Waals surface area contributed by atoms with Crippen molar-refractivity contribution in [3.63, 3.8) is 0 Å². The Hall–Kier alpha value is -0.580. The predicted molar refractivity (Wildman–Crippen MR) is 68.9 cm³/mol. The second-order valence-corrected chi connectivity index (χ2v) is 3.00. The molecule has 1 heterocycles. The first kappa shape index (κ1) is 12.5. The zero-order valence-electron chi connectivity index (χ0n) is 9.33. The van der Waals surface area contributed by atoms with Crippen molar-refractivity contribution in [2.24, 2.45) is 0 Å². The molecule has 15 heavy (non-hydrogen) atoms. The van der Waals surface area contributed by atoms with Crippen LogP contribution in [0.15, 0.2) is 5.96 Å². The number of hydrogen-bond donors (Lipinski definition) is 3. The second kappa shape index (κ2) is 6.82. The van der Waals surface area contributed by atoms with Crippen LogP contribution in [0.2, 0.25) is 0 Å². The predicted octanol–water partition coefficient (Wildman–Crippen LogP) is -4.19. The zero-order valence-corrected chi connectivity index (χ0v) is 9.33. The van der Waals surface area contributed by atoms with Gasteiger partial charge in [0.15, 0.2) is 0 Å². The molecule has 8 heteroatoms.